The Morgan fingerprint density at radius 2 is 1.29 bits per heavy atom. The third-order valence-electron chi connectivity index (χ3n) is 4.66. The highest BCUT2D eigenvalue weighted by Gasteiger charge is 2.33. The monoisotopic (exact) mass is 517 g/mol. The van der Waals surface area contributed by atoms with Crippen LogP contribution in [0.4, 0.5) is 0 Å². The average molecular weight is 518 g/mol. The second kappa shape index (κ2) is 9.55. The van der Waals surface area contributed by atoms with Gasteiger partial charge in [-0.3, -0.25) is 0 Å². The van der Waals surface area contributed by atoms with Gasteiger partial charge in [0.05, 0.1) is 31.9 Å². The fourth-order valence-corrected chi connectivity index (χ4v) is 5.40. The molecule has 2 aromatic rings. The van der Waals surface area contributed by atoms with Crippen LogP contribution in [-0.4, -0.2) is 28.3 Å². The number of sulfonamides is 2. The van der Waals surface area contributed by atoms with E-state index in [4.69, 9.17) is 17.1 Å². The van der Waals surface area contributed by atoms with Crippen LogP contribution in [0.1, 0.15) is 20.8 Å². The van der Waals surface area contributed by atoms with Crippen LogP contribution in [0.3, 0.4) is 0 Å². The Kier molecular flexibility index (Phi) is 7.13. The summed E-state index contributed by atoms with van der Waals surface area (Å²) in [6.45, 7) is 5.32. The number of nitrogens with zero attached hydrogens (tertiary/aromatic N) is 5. The number of rotatable bonds is 5. The molecular formula is C22H20ClN5O4S2. The van der Waals surface area contributed by atoms with E-state index in [2.05, 4.69) is 18.8 Å². The maximum absolute atomic E-state index is 13.0. The van der Waals surface area contributed by atoms with E-state index in [9.17, 15) is 16.8 Å². The molecule has 0 N–H and O–H groups in total. The normalized spacial score (nSPS) is 17.5. The van der Waals surface area contributed by atoms with Crippen LogP contribution >= 0.6 is 11.6 Å². The summed E-state index contributed by atoms with van der Waals surface area (Å²) in [7, 11) is -8.37. The van der Waals surface area contributed by atoms with Gasteiger partial charge in [0.1, 0.15) is 0 Å². The van der Waals surface area contributed by atoms with E-state index in [1.54, 1.807) is 57.2 Å². The first-order valence-corrected chi connectivity index (χ1v) is 13.1. The predicted octanol–water partition coefficient (Wildman–Crippen LogP) is 5.39. The number of hydrogen-bond acceptors (Lipinski definition) is 5. The standard InChI is InChI=1S/C22H20ClN5O4S2/c1-22(2,3)17-14-18(26-33(29,30)15-10-6-4-7-11-15)21(25-28-24)19(23)20(17)27-34(31,32)16-12-8-5-9-13-16/h4-14H,1-3H3/b26-18+,27-20-. The number of halogens is 1. The summed E-state index contributed by atoms with van der Waals surface area (Å²) < 4.78 is 59.4. The van der Waals surface area contributed by atoms with Gasteiger partial charge in [0.2, 0.25) is 0 Å². The van der Waals surface area contributed by atoms with Crippen LogP contribution in [0, 0.1) is 5.41 Å². The Labute approximate surface area is 203 Å². The van der Waals surface area contributed by atoms with Crippen LogP contribution < -0.4 is 0 Å². The molecular weight excluding hydrogens is 498 g/mol. The number of azide groups is 1. The van der Waals surface area contributed by atoms with Gasteiger partial charge >= 0.3 is 0 Å². The second-order valence-electron chi connectivity index (χ2n) is 8.15. The summed E-state index contributed by atoms with van der Waals surface area (Å²) in [6.07, 6.45) is 1.33. The SMILES string of the molecule is CC(C)(C)C1=CC(=N\S(=O)(=O)c2ccccc2)/C(N=[N+]=[N-])=C(Cl)C/1=N\S(=O)(=O)c1ccccc1. The first kappa shape index (κ1) is 25.4. The lowest BCUT2D eigenvalue weighted by Gasteiger charge is -2.28. The van der Waals surface area contributed by atoms with Gasteiger partial charge in [-0.05, 0) is 46.9 Å². The number of hydrogen-bond donors (Lipinski definition) is 0. The summed E-state index contributed by atoms with van der Waals surface area (Å²) in [5, 5.41) is 3.18. The van der Waals surface area contributed by atoms with Crippen molar-refractivity contribution in [3.8, 4) is 0 Å². The van der Waals surface area contributed by atoms with Crippen LogP contribution in [0.15, 0.2) is 107 Å². The summed E-state index contributed by atoms with van der Waals surface area (Å²) in [6, 6.07) is 15.0. The molecule has 0 aliphatic heterocycles. The quantitative estimate of drug-likeness (QED) is 0.226. The molecule has 34 heavy (non-hydrogen) atoms. The van der Waals surface area contributed by atoms with Crippen LogP contribution in [0.25, 0.3) is 10.4 Å². The first-order valence-electron chi connectivity index (χ1n) is 9.85. The van der Waals surface area contributed by atoms with Gasteiger partial charge in [-0.25, -0.2) is 0 Å². The molecule has 0 heterocycles. The van der Waals surface area contributed by atoms with E-state index >= 15 is 0 Å². The van der Waals surface area contributed by atoms with Crippen molar-refractivity contribution in [2.75, 3.05) is 0 Å². The molecule has 12 heteroatoms. The molecule has 2 aromatic carbocycles. The van der Waals surface area contributed by atoms with Gasteiger partial charge in [-0.15, -0.1) is 0 Å². The van der Waals surface area contributed by atoms with Crippen molar-refractivity contribution < 1.29 is 16.8 Å². The van der Waals surface area contributed by atoms with E-state index in [1.165, 1.54) is 30.3 Å². The zero-order chi connectivity index (χ0) is 25.1. The molecule has 0 radical (unpaired) electrons. The third kappa shape index (κ3) is 5.45. The van der Waals surface area contributed by atoms with Crippen molar-refractivity contribution >= 4 is 43.1 Å². The fraction of sp³-hybridized carbons (Fsp3) is 0.182. The second-order valence-corrected chi connectivity index (χ2v) is 11.7. The molecule has 3 rings (SSSR count). The minimum atomic E-state index is -4.19. The molecule has 0 saturated heterocycles. The summed E-state index contributed by atoms with van der Waals surface area (Å²) in [4.78, 5) is 2.58. The minimum Gasteiger partial charge on any atom is -0.199 e. The Hall–Kier alpha value is -3.24. The lowest BCUT2D eigenvalue weighted by atomic mass is 9.80. The van der Waals surface area contributed by atoms with Crippen LogP contribution in [-0.2, 0) is 20.0 Å². The van der Waals surface area contributed by atoms with E-state index in [0.717, 1.165) is 0 Å². The van der Waals surface area contributed by atoms with Crippen molar-refractivity contribution in [1.29, 1.82) is 0 Å². The topological polar surface area (TPSA) is 142 Å². The maximum Gasteiger partial charge on any atom is 0.282 e. The molecule has 0 bridgehead atoms. The van der Waals surface area contributed by atoms with Gasteiger partial charge in [0.15, 0.2) is 0 Å². The van der Waals surface area contributed by atoms with E-state index in [-0.39, 0.29) is 31.9 Å². The molecule has 1 aliphatic rings. The van der Waals surface area contributed by atoms with Gasteiger partial charge in [0, 0.05) is 4.91 Å². The van der Waals surface area contributed by atoms with E-state index in [1.807, 2.05) is 0 Å². The van der Waals surface area contributed by atoms with Crippen molar-refractivity contribution in [3.05, 3.63) is 93.5 Å². The molecule has 1 aliphatic carbocycles. The molecule has 0 saturated carbocycles. The van der Waals surface area contributed by atoms with E-state index < -0.39 is 25.5 Å². The maximum atomic E-state index is 13.0. The molecule has 0 spiro atoms. The zero-order valence-corrected chi connectivity index (χ0v) is 20.8. The highest BCUT2D eigenvalue weighted by atomic mass is 35.5. The Balaban J connectivity index is 2.30. The molecule has 0 aromatic heterocycles. The van der Waals surface area contributed by atoms with Crippen molar-refractivity contribution in [3.63, 3.8) is 0 Å². The lowest BCUT2D eigenvalue weighted by Crippen LogP contribution is -2.26. The summed E-state index contributed by atoms with van der Waals surface area (Å²) >= 11 is 6.49. The lowest BCUT2D eigenvalue weighted by molar-refractivity contribution is 0.525. The van der Waals surface area contributed by atoms with Crippen molar-refractivity contribution in [2.24, 2.45) is 19.3 Å². The predicted molar refractivity (Wildman–Crippen MR) is 132 cm³/mol. The van der Waals surface area contributed by atoms with Crippen LogP contribution in [0.5, 0.6) is 0 Å². The molecule has 0 amide bonds. The molecule has 0 atom stereocenters. The van der Waals surface area contributed by atoms with Gasteiger partial charge in [-0.1, -0.05) is 73.9 Å². The molecule has 0 unspecified atom stereocenters. The highest BCUT2D eigenvalue weighted by molar-refractivity contribution is 7.90. The highest BCUT2D eigenvalue weighted by Crippen LogP contribution is 2.37. The largest absolute Gasteiger partial charge is 0.282 e. The van der Waals surface area contributed by atoms with Crippen LogP contribution in [0.2, 0.25) is 0 Å². The summed E-state index contributed by atoms with van der Waals surface area (Å²) in [5.41, 5.74) is 7.91. The Morgan fingerprint density at radius 1 is 0.824 bits per heavy atom. The minimum absolute atomic E-state index is 0.0586. The summed E-state index contributed by atoms with van der Waals surface area (Å²) in [5.74, 6) is 0. The Morgan fingerprint density at radius 3 is 1.74 bits per heavy atom. The average Bonchev–Trinajstić information content (AvgIpc) is 2.78. The first-order chi connectivity index (χ1) is 15.9. The zero-order valence-electron chi connectivity index (χ0n) is 18.4. The number of benzene rings is 2. The molecule has 176 valence electrons. The smallest absolute Gasteiger partial charge is 0.199 e. The fourth-order valence-electron chi connectivity index (χ4n) is 3.03. The number of allylic oxidation sites excluding steroid dienone is 3. The van der Waals surface area contributed by atoms with Crippen molar-refractivity contribution in [2.45, 2.75) is 30.6 Å². The van der Waals surface area contributed by atoms with Gasteiger partial charge in [-0.2, -0.15) is 25.6 Å². The Bertz CT molecular complexity index is 1500. The molecule has 9 nitrogen and oxygen atoms in total. The van der Waals surface area contributed by atoms with E-state index in [0.29, 0.717) is 5.57 Å². The third-order valence-corrected chi connectivity index (χ3v) is 7.61. The van der Waals surface area contributed by atoms with Crippen molar-refractivity contribution in [1.82, 2.24) is 0 Å². The van der Waals surface area contributed by atoms with Gasteiger partial charge < -0.3 is 0 Å². The molecule has 0 fully saturated rings. The van der Waals surface area contributed by atoms with Gasteiger partial charge in [0.25, 0.3) is 20.0 Å².